The standard InChI is InChI=1S/C29H24Cl2N2O3/c30-24-12-10-19(16-25(24)31)23-15-20(11-13-27(23)34)29(36)33-14-4-9-26(33)28(35)32-17-21-7-3-6-18-5-1-2-8-22(18)21/h1-3,5-8,10-13,15-16,26,34H,4,9,14,17H2,(H,32,35)/t26-/m0/s1. The molecule has 4 aromatic rings. The molecule has 0 saturated carbocycles. The summed E-state index contributed by atoms with van der Waals surface area (Å²) < 4.78 is 0. The van der Waals surface area contributed by atoms with Crippen LogP contribution in [0.1, 0.15) is 28.8 Å². The summed E-state index contributed by atoms with van der Waals surface area (Å²) in [5.41, 5.74) is 2.53. The highest BCUT2D eigenvalue weighted by Crippen LogP contribution is 2.35. The van der Waals surface area contributed by atoms with Gasteiger partial charge in [-0.3, -0.25) is 9.59 Å². The number of rotatable bonds is 5. The molecular weight excluding hydrogens is 495 g/mol. The minimum absolute atomic E-state index is 0.0238. The van der Waals surface area contributed by atoms with Crippen molar-refractivity contribution in [2.75, 3.05) is 6.54 Å². The zero-order valence-corrected chi connectivity index (χ0v) is 20.9. The van der Waals surface area contributed by atoms with Crippen molar-refractivity contribution in [1.82, 2.24) is 10.2 Å². The van der Waals surface area contributed by atoms with Gasteiger partial charge in [0.05, 0.1) is 10.0 Å². The van der Waals surface area contributed by atoms with Crippen LogP contribution in [0.25, 0.3) is 21.9 Å². The minimum atomic E-state index is -0.547. The predicted octanol–water partition coefficient (Wildman–Crippen LogP) is 6.44. The van der Waals surface area contributed by atoms with Gasteiger partial charge in [-0.05, 0) is 65.1 Å². The van der Waals surface area contributed by atoms with Crippen molar-refractivity contribution >= 4 is 45.8 Å². The molecule has 1 atom stereocenters. The Labute approximate surface area is 219 Å². The molecule has 0 aromatic heterocycles. The fraction of sp³-hybridized carbons (Fsp3) is 0.172. The van der Waals surface area contributed by atoms with Crippen LogP contribution < -0.4 is 5.32 Å². The van der Waals surface area contributed by atoms with Crippen molar-refractivity contribution in [2.24, 2.45) is 0 Å². The number of carbonyl (C=O) groups is 2. The Morgan fingerprint density at radius 3 is 2.58 bits per heavy atom. The third-order valence-corrected chi connectivity index (χ3v) is 7.36. The van der Waals surface area contributed by atoms with Crippen LogP contribution >= 0.6 is 23.2 Å². The molecule has 0 aliphatic carbocycles. The number of nitrogens with one attached hydrogen (secondary N) is 1. The van der Waals surface area contributed by atoms with Crippen LogP contribution in [0.4, 0.5) is 0 Å². The van der Waals surface area contributed by atoms with Gasteiger partial charge in [0.1, 0.15) is 11.8 Å². The molecule has 36 heavy (non-hydrogen) atoms. The third-order valence-electron chi connectivity index (χ3n) is 6.62. The van der Waals surface area contributed by atoms with Crippen molar-refractivity contribution in [3.05, 3.63) is 100 Å². The number of phenolic OH excluding ortho intramolecular Hbond substituents is 1. The lowest BCUT2D eigenvalue weighted by molar-refractivity contribution is -0.125. The molecule has 7 heteroatoms. The van der Waals surface area contributed by atoms with E-state index in [0.717, 1.165) is 22.8 Å². The van der Waals surface area contributed by atoms with E-state index in [1.165, 1.54) is 6.07 Å². The Morgan fingerprint density at radius 2 is 1.75 bits per heavy atom. The number of hydrogen-bond acceptors (Lipinski definition) is 3. The molecular formula is C29H24Cl2N2O3. The maximum absolute atomic E-state index is 13.4. The van der Waals surface area contributed by atoms with E-state index in [4.69, 9.17) is 23.2 Å². The van der Waals surface area contributed by atoms with E-state index in [2.05, 4.69) is 5.32 Å². The number of likely N-dealkylation sites (tertiary alicyclic amines) is 1. The summed E-state index contributed by atoms with van der Waals surface area (Å²) in [6, 6.07) is 23.2. The molecule has 0 unspecified atom stereocenters. The molecule has 1 heterocycles. The molecule has 1 aliphatic heterocycles. The molecule has 2 amide bonds. The van der Waals surface area contributed by atoms with E-state index < -0.39 is 6.04 Å². The van der Waals surface area contributed by atoms with Gasteiger partial charge in [0.2, 0.25) is 5.91 Å². The van der Waals surface area contributed by atoms with Crippen LogP contribution in [0.5, 0.6) is 5.75 Å². The fourth-order valence-corrected chi connectivity index (χ4v) is 5.06. The summed E-state index contributed by atoms with van der Waals surface area (Å²) >= 11 is 12.2. The summed E-state index contributed by atoms with van der Waals surface area (Å²) in [4.78, 5) is 28.2. The number of nitrogens with zero attached hydrogens (tertiary/aromatic N) is 1. The molecule has 1 fully saturated rings. The molecule has 182 valence electrons. The number of phenols is 1. The van der Waals surface area contributed by atoms with Crippen molar-refractivity contribution in [1.29, 1.82) is 0 Å². The second kappa shape index (κ2) is 10.2. The van der Waals surface area contributed by atoms with Crippen LogP contribution in [0.3, 0.4) is 0 Å². The zero-order valence-electron chi connectivity index (χ0n) is 19.4. The van der Waals surface area contributed by atoms with E-state index in [-0.39, 0.29) is 17.6 Å². The SMILES string of the molecule is O=C(NCc1cccc2ccccc12)[C@@H]1CCCN1C(=O)c1ccc(O)c(-c2ccc(Cl)c(Cl)c2)c1. The predicted molar refractivity (Wildman–Crippen MR) is 143 cm³/mol. The normalized spacial score (nSPS) is 15.3. The van der Waals surface area contributed by atoms with Crippen molar-refractivity contribution in [2.45, 2.75) is 25.4 Å². The van der Waals surface area contributed by atoms with Gasteiger partial charge in [-0.25, -0.2) is 0 Å². The third kappa shape index (κ3) is 4.77. The van der Waals surface area contributed by atoms with E-state index in [9.17, 15) is 14.7 Å². The van der Waals surface area contributed by atoms with Crippen molar-refractivity contribution in [3.63, 3.8) is 0 Å². The Bertz CT molecular complexity index is 1470. The lowest BCUT2D eigenvalue weighted by Gasteiger charge is -2.24. The maximum atomic E-state index is 13.4. The van der Waals surface area contributed by atoms with Crippen LogP contribution in [0.15, 0.2) is 78.9 Å². The van der Waals surface area contributed by atoms with E-state index in [0.29, 0.717) is 46.2 Å². The maximum Gasteiger partial charge on any atom is 0.254 e. The molecule has 5 rings (SSSR count). The van der Waals surface area contributed by atoms with Gasteiger partial charge >= 0.3 is 0 Å². The van der Waals surface area contributed by atoms with Crippen LogP contribution in [0, 0.1) is 0 Å². The van der Waals surface area contributed by atoms with Crippen LogP contribution in [-0.4, -0.2) is 34.4 Å². The highest BCUT2D eigenvalue weighted by atomic mass is 35.5. The van der Waals surface area contributed by atoms with E-state index in [1.54, 1.807) is 35.2 Å². The number of carbonyl (C=O) groups excluding carboxylic acids is 2. The summed E-state index contributed by atoms with van der Waals surface area (Å²) in [5, 5.41) is 16.4. The molecule has 1 saturated heterocycles. The smallest absolute Gasteiger partial charge is 0.254 e. The fourth-order valence-electron chi connectivity index (χ4n) is 4.76. The topological polar surface area (TPSA) is 69.6 Å². The van der Waals surface area contributed by atoms with Gasteiger partial charge in [-0.15, -0.1) is 0 Å². The van der Waals surface area contributed by atoms with Gasteiger partial charge in [0, 0.05) is 24.2 Å². The zero-order chi connectivity index (χ0) is 25.2. The molecule has 0 spiro atoms. The number of hydrogen-bond donors (Lipinski definition) is 2. The van der Waals surface area contributed by atoms with E-state index in [1.807, 2.05) is 42.5 Å². The quantitative estimate of drug-likeness (QED) is 0.319. The Hall–Kier alpha value is -3.54. The average Bonchev–Trinajstić information content (AvgIpc) is 3.39. The number of benzene rings is 4. The molecule has 4 aromatic carbocycles. The largest absolute Gasteiger partial charge is 0.507 e. The first-order valence-corrected chi connectivity index (χ1v) is 12.5. The summed E-state index contributed by atoms with van der Waals surface area (Å²) in [7, 11) is 0. The van der Waals surface area contributed by atoms with Gasteiger partial charge in [-0.2, -0.15) is 0 Å². The first-order valence-electron chi connectivity index (χ1n) is 11.8. The monoisotopic (exact) mass is 518 g/mol. The van der Waals surface area contributed by atoms with Crippen LogP contribution in [-0.2, 0) is 11.3 Å². The highest BCUT2D eigenvalue weighted by molar-refractivity contribution is 6.42. The second-order valence-corrected chi connectivity index (χ2v) is 9.69. The minimum Gasteiger partial charge on any atom is -0.507 e. The second-order valence-electron chi connectivity index (χ2n) is 8.87. The summed E-state index contributed by atoms with van der Waals surface area (Å²) in [6.45, 7) is 0.883. The number of amides is 2. The Morgan fingerprint density at radius 1 is 0.944 bits per heavy atom. The van der Waals surface area contributed by atoms with Crippen molar-refractivity contribution < 1.29 is 14.7 Å². The first-order chi connectivity index (χ1) is 17.4. The average molecular weight is 519 g/mol. The highest BCUT2D eigenvalue weighted by Gasteiger charge is 2.34. The Balaban J connectivity index is 1.34. The van der Waals surface area contributed by atoms with Crippen molar-refractivity contribution in [3.8, 4) is 16.9 Å². The number of halogens is 2. The van der Waals surface area contributed by atoms with Gasteiger partial charge in [0.15, 0.2) is 0 Å². The lowest BCUT2D eigenvalue weighted by Crippen LogP contribution is -2.45. The van der Waals surface area contributed by atoms with Gasteiger partial charge in [-0.1, -0.05) is 71.7 Å². The first kappa shape index (κ1) is 24.2. The lowest BCUT2D eigenvalue weighted by atomic mass is 10.0. The summed E-state index contributed by atoms with van der Waals surface area (Å²) in [5.74, 6) is -0.396. The number of aromatic hydroxyl groups is 1. The van der Waals surface area contributed by atoms with Gasteiger partial charge in [0.25, 0.3) is 5.91 Å². The Kier molecular flexibility index (Phi) is 6.86. The molecule has 1 aliphatic rings. The van der Waals surface area contributed by atoms with Gasteiger partial charge < -0.3 is 15.3 Å². The molecule has 2 N–H and O–H groups in total. The van der Waals surface area contributed by atoms with E-state index >= 15 is 0 Å². The number of fused-ring (bicyclic) bond motifs is 1. The molecule has 0 bridgehead atoms. The van der Waals surface area contributed by atoms with Crippen LogP contribution in [0.2, 0.25) is 10.0 Å². The molecule has 5 nitrogen and oxygen atoms in total. The molecule has 0 radical (unpaired) electrons. The summed E-state index contributed by atoms with van der Waals surface area (Å²) in [6.07, 6.45) is 1.35.